The van der Waals surface area contributed by atoms with Crippen LogP contribution in [0.1, 0.15) is 49.7 Å². The van der Waals surface area contributed by atoms with E-state index >= 15 is 0 Å². The lowest BCUT2D eigenvalue weighted by Gasteiger charge is -2.44. The molecule has 0 radical (unpaired) electrons. The first kappa shape index (κ1) is 28.4. The number of piperidine rings is 1. The maximum absolute atomic E-state index is 13.4. The maximum atomic E-state index is 13.4. The van der Waals surface area contributed by atoms with Gasteiger partial charge in [0.25, 0.3) is 0 Å². The topological polar surface area (TPSA) is 108 Å². The molecule has 8 heteroatoms. The molecule has 2 fully saturated rings. The smallest absolute Gasteiger partial charge is 0.320 e. The third kappa shape index (κ3) is 6.31. The molecule has 2 unspecified atom stereocenters. The molecular formula is C30H43N3O5. The Balaban J connectivity index is 1.60. The van der Waals surface area contributed by atoms with Gasteiger partial charge in [-0.2, -0.15) is 0 Å². The van der Waals surface area contributed by atoms with Crippen molar-refractivity contribution >= 4 is 6.03 Å². The minimum Gasteiger partial charge on any atom is -0.457 e. The Kier molecular flexibility index (Phi) is 9.31. The Morgan fingerprint density at radius 2 is 1.84 bits per heavy atom. The van der Waals surface area contributed by atoms with E-state index in [0.29, 0.717) is 51.4 Å². The fourth-order valence-electron chi connectivity index (χ4n) is 5.83. The lowest BCUT2D eigenvalue weighted by atomic mass is 9.73. The summed E-state index contributed by atoms with van der Waals surface area (Å²) in [5.74, 6) is 1.23. The standard InChI is InChI=1S/C30H43N3O5/c1-23-10-3-5-13-26(23)38-27-14-6-4-12-25(27)30(36,15-7-8-19-37-2)24-11-9-17-32(20-24)28(35)33-18-16-29(31,21-33)22-34/h3-6,10,12-14,24,34,36H,7-9,11,15-22,31H2,1-2H3/t24?,29?,30-/m0/s1. The van der Waals surface area contributed by atoms with E-state index in [4.69, 9.17) is 15.2 Å². The molecule has 0 aromatic heterocycles. The Labute approximate surface area is 226 Å². The van der Waals surface area contributed by atoms with Crippen molar-refractivity contribution in [1.82, 2.24) is 9.80 Å². The predicted octanol–water partition coefficient (Wildman–Crippen LogP) is 4.02. The van der Waals surface area contributed by atoms with Crippen LogP contribution in [0.3, 0.4) is 0 Å². The molecule has 2 aliphatic heterocycles. The van der Waals surface area contributed by atoms with Gasteiger partial charge in [-0.25, -0.2) is 4.79 Å². The highest BCUT2D eigenvalue weighted by Gasteiger charge is 2.44. The third-order valence-corrected chi connectivity index (χ3v) is 8.16. The van der Waals surface area contributed by atoms with Gasteiger partial charge in [0.2, 0.25) is 0 Å². The quantitative estimate of drug-likeness (QED) is 0.405. The first-order valence-electron chi connectivity index (χ1n) is 13.8. The molecular weight excluding hydrogens is 482 g/mol. The highest BCUT2D eigenvalue weighted by Crippen LogP contribution is 2.44. The second kappa shape index (κ2) is 12.5. The summed E-state index contributed by atoms with van der Waals surface area (Å²) in [7, 11) is 1.69. The van der Waals surface area contributed by atoms with Crippen LogP contribution >= 0.6 is 0 Å². The van der Waals surface area contributed by atoms with Crippen molar-refractivity contribution in [2.24, 2.45) is 11.7 Å². The number of para-hydroxylation sites is 2. The van der Waals surface area contributed by atoms with Gasteiger partial charge >= 0.3 is 6.03 Å². The summed E-state index contributed by atoms with van der Waals surface area (Å²) in [6.07, 6.45) is 4.35. The number of amides is 2. The fourth-order valence-corrected chi connectivity index (χ4v) is 5.83. The lowest BCUT2D eigenvalue weighted by Crippen LogP contribution is -2.53. The average molecular weight is 526 g/mol. The molecule has 2 amide bonds. The molecule has 2 aliphatic rings. The summed E-state index contributed by atoms with van der Waals surface area (Å²) >= 11 is 0. The molecule has 3 atom stereocenters. The molecule has 2 heterocycles. The molecule has 4 rings (SSSR count). The molecule has 4 N–H and O–H groups in total. The molecule has 2 aromatic carbocycles. The predicted molar refractivity (Wildman–Crippen MR) is 147 cm³/mol. The van der Waals surface area contributed by atoms with E-state index in [1.807, 2.05) is 60.4 Å². The van der Waals surface area contributed by atoms with Gasteiger partial charge in [0.05, 0.1) is 17.7 Å². The fraction of sp³-hybridized carbons (Fsp3) is 0.567. The zero-order valence-electron chi connectivity index (χ0n) is 22.8. The molecule has 0 spiro atoms. The largest absolute Gasteiger partial charge is 0.457 e. The van der Waals surface area contributed by atoms with Crippen LogP contribution in [-0.2, 0) is 10.3 Å². The third-order valence-electron chi connectivity index (χ3n) is 8.16. The Morgan fingerprint density at radius 3 is 2.55 bits per heavy atom. The van der Waals surface area contributed by atoms with Gasteiger partial charge in [0.15, 0.2) is 0 Å². The van der Waals surface area contributed by atoms with E-state index in [1.165, 1.54) is 0 Å². The number of hydrogen-bond acceptors (Lipinski definition) is 6. The first-order chi connectivity index (χ1) is 18.3. The van der Waals surface area contributed by atoms with Crippen LogP contribution in [0, 0.1) is 12.8 Å². The Bertz CT molecular complexity index is 1080. The van der Waals surface area contributed by atoms with Gasteiger partial charge in [-0.1, -0.05) is 36.4 Å². The summed E-state index contributed by atoms with van der Waals surface area (Å²) in [4.78, 5) is 17.0. The molecule has 38 heavy (non-hydrogen) atoms. The lowest BCUT2D eigenvalue weighted by molar-refractivity contribution is -0.0587. The number of nitrogens with zero attached hydrogens (tertiary/aromatic N) is 2. The van der Waals surface area contributed by atoms with E-state index < -0.39 is 11.1 Å². The number of carbonyl (C=O) groups excluding carboxylic acids is 1. The Hall–Kier alpha value is -2.65. The van der Waals surface area contributed by atoms with Crippen molar-refractivity contribution < 1.29 is 24.5 Å². The number of aliphatic hydroxyl groups is 2. The van der Waals surface area contributed by atoms with Crippen LogP contribution in [-0.4, -0.2) is 78.1 Å². The van der Waals surface area contributed by atoms with Crippen molar-refractivity contribution in [3.8, 4) is 11.5 Å². The summed E-state index contributed by atoms with van der Waals surface area (Å²) in [5, 5.41) is 22.1. The summed E-state index contributed by atoms with van der Waals surface area (Å²) in [5.41, 5.74) is 6.08. The summed E-state index contributed by atoms with van der Waals surface area (Å²) in [6.45, 7) is 4.47. The van der Waals surface area contributed by atoms with Crippen LogP contribution in [0.5, 0.6) is 11.5 Å². The molecule has 8 nitrogen and oxygen atoms in total. The van der Waals surface area contributed by atoms with Gasteiger partial charge in [0, 0.05) is 51.4 Å². The van der Waals surface area contributed by atoms with Crippen LogP contribution < -0.4 is 10.5 Å². The molecule has 0 saturated carbocycles. The zero-order valence-corrected chi connectivity index (χ0v) is 22.8. The van der Waals surface area contributed by atoms with Gasteiger partial charge in [0.1, 0.15) is 11.5 Å². The number of urea groups is 1. The highest BCUT2D eigenvalue weighted by molar-refractivity contribution is 5.75. The second-order valence-corrected chi connectivity index (χ2v) is 11.0. The van der Waals surface area contributed by atoms with Crippen molar-refractivity contribution in [2.45, 2.75) is 56.6 Å². The van der Waals surface area contributed by atoms with E-state index in [2.05, 4.69) is 0 Å². The first-order valence-corrected chi connectivity index (χ1v) is 13.8. The van der Waals surface area contributed by atoms with E-state index in [9.17, 15) is 15.0 Å². The minimum absolute atomic E-state index is 0.0679. The van der Waals surface area contributed by atoms with Gasteiger partial charge in [-0.3, -0.25) is 0 Å². The molecule has 208 valence electrons. The van der Waals surface area contributed by atoms with E-state index in [0.717, 1.165) is 42.6 Å². The highest BCUT2D eigenvalue weighted by atomic mass is 16.5. The number of hydrogen-bond donors (Lipinski definition) is 3. The zero-order chi connectivity index (χ0) is 27.2. The number of benzene rings is 2. The number of unbranched alkanes of at least 4 members (excludes halogenated alkanes) is 1. The summed E-state index contributed by atoms with van der Waals surface area (Å²) in [6, 6.07) is 15.5. The Morgan fingerprint density at radius 1 is 1.11 bits per heavy atom. The number of methoxy groups -OCH3 is 1. The molecule has 0 bridgehead atoms. The number of nitrogens with two attached hydrogens (primary N) is 1. The number of carbonyl (C=O) groups is 1. The second-order valence-electron chi connectivity index (χ2n) is 11.0. The van der Waals surface area contributed by atoms with Crippen molar-refractivity contribution in [1.29, 1.82) is 0 Å². The molecule has 0 aliphatic carbocycles. The molecule has 2 aromatic rings. The van der Waals surface area contributed by atoms with Crippen LogP contribution in [0.4, 0.5) is 4.79 Å². The van der Waals surface area contributed by atoms with E-state index in [1.54, 1.807) is 12.0 Å². The van der Waals surface area contributed by atoms with Crippen molar-refractivity contribution in [3.63, 3.8) is 0 Å². The number of ether oxygens (including phenoxy) is 2. The van der Waals surface area contributed by atoms with Gasteiger partial charge in [-0.15, -0.1) is 0 Å². The SMILES string of the molecule is COCCCC[C@@](O)(c1ccccc1Oc1ccccc1C)C1CCCN(C(=O)N2CCC(N)(CO)C2)C1. The van der Waals surface area contributed by atoms with Crippen molar-refractivity contribution in [3.05, 3.63) is 59.7 Å². The van der Waals surface area contributed by atoms with Crippen molar-refractivity contribution in [2.75, 3.05) is 46.5 Å². The van der Waals surface area contributed by atoms with Crippen LogP contribution in [0.2, 0.25) is 0 Å². The minimum atomic E-state index is -1.18. The monoisotopic (exact) mass is 525 g/mol. The normalized spacial score (nSPS) is 23.3. The number of likely N-dealkylation sites (tertiary alicyclic amines) is 2. The van der Waals surface area contributed by atoms with Gasteiger partial charge in [-0.05, 0) is 63.1 Å². The number of aliphatic hydroxyl groups excluding tert-OH is 1. The van der Waals surface area contributed by atoms with Crippen LogP contribution in [0.25, 0.3) is 0 Å². The molecule has 2 saturated heterocycles. The van der Waals surface area contributed by atoms with E-state index in [-0.39, 0.29) is 18.6 Å². The van der Waals surface area contributed by atoms with Gasteiger partial charge < -0.3 is 35.2 Å². The van der Waals surface area contributed by atoms with Crippen LogP contribution in [0.15, 0.2) is 48.5 Å². The maximum Gasteiger partial charge on any atom is 0.320 e. The number of aryl methyl sites for hydroxylation is 1. The number of rotatable bonds is 10. The summed E-state index contributed by atoms with van der Waals surface area (Å²) < 4.78 is 11.6. The average Bonchev–Trinajstić information content (AvgIpc) is 3.35.